The average molecular weight is 368 g/mol. The average Bonchev–Trinajstić information content (AvgIpc) is 3.00. The number of carbonyl (C=O) groups excluding carboxylic acids is 1. The maximum atomic E-state index is 12.6. The van der Waals surface area contributed by atoms with E-state index >= 15 is 0 Å². The van der Waals surface area contributed by atoms with E-state index < -0.39 is 18.0 Å². The Labute approximate surface area is 153 Å². The zero-order chi connectivity index (χ0) is 18.6. The van der Waals surface area contributed by atoms with Gasteiger partial charge in [0, 0.05) is 30.6 Å². The van der Waals surface area contributed by atoms with Gasteiger partial charge in [-0.05, 0) is 37.0 Å². The van der Waals surface area contributed by atoms with E-state index in [1.54, 1.807) is 24.0 Å². The van der Waals surface area contributed by atoms with Crippen LogP contribution in [-0.4, -0.2) is 47.7 Å². The van der Waals surface area contributed by atoms with Crippen LogP contribution in [0.1, 0.15) is 38.7 Å². The van der Waals surface area contributed by atoms with Crippen LogP contribution in [-0.2, 0) is 14.3 Å². The molecule has 0 bridgehead atoms. The third-order valence-electron chi connectivity index (χ3n) is 4.66. The van der Waals surface area contributed by atoms with Crippen LogP contribution in [0.5, 0.6) is 0 Å². The van der Waals surface area contributed by atoms with Crippen LogP contribution in [0.4, 0.5) is 0 Å². The zero-order valence-corrected chi connectivity index (χ0v) is 15.7. The van der Waals surface area contributed by atoms with Crippen molar-refractivity contribution in [1.82, 2.24) is 4.90 Å². The molecule has 25 heavy (non-hydrogen) atoms. The van der Waals surface area contributed by atoms with Crippen molar-refractivity contribution in [2.24, 2.45) is 11.8 Å². The topological polar surface area (TPSA) is 66.8 Å². The maximum Gasteiger partial charge on any atom is 0.308 e. The van der Waals surface area contributed by atoms with Crippen LogP contribution >= 0.6 is 11.6 Å². The van der Waals surface area contributed by atoms with Gasteiger partial charge in [0.05, 0.1) is 5.92 Å². The van der Waals surface area contributed by atoms with E-state index in [1.165, 1.54) is 0 Å². The predicted molar refractivity (Wildman–Crippen MR) is 96.8 cm³/mol. The summed E-state index contributed by atoms with van der Waals surface area (Å²) in [4.78, 5) is 25.9. The number of rotatable bonds is 7. The first-order chi connectivity index (χ1) is 11.8. The quantitative estimate of drug-likeness (QED) is 0.801. The highest BCUT2D eigenvalue weighted by molar-refractivity contribution is 6.30. The molecular weight excluding hydrogens is 342 g/mol. The highest BCUT2D eigenvalue weighted by Crippen LogP contribution is 2.34. The number of amides is 1. The molecular formula is C19H26ClNO4. The van der Waals surface area contributed by atoms with Crippen molar-refractivity contribution in [2.45, 2.75) is 39.2 Å². The first-order valence-corrected chi connectivity index (χ1v) is 9.06. The van der Waals surface area contributed by atoms with Gasteiger partial charge in [-0.3, -0.25) is 9.59 Å². The van der Waals surface area contributed by atoms with E-state index in [-0.39, 0.29) is 18.4 Å². The van der Waals surface area contributed by atoms with Crippen LogP contribution in [0.3, 0.4) is 0 Å². The lowest BCUT2D eigenvalue weighted by atomic mass is 9.89. The summed E-state index contributed by atoms with van der Waals surface area (Å²) in [7, 11) is 0. The summed E-state index contributed by atoms with van der Waals surface area (Å²) in [6, 6.07) is 7.16. The van der Waals surface area contributed by atoms with Gasteiger partial charge in [-0.25, -0.2) is 0 Å². The SMILES string of the molecule is CC(C)CCOC(C)C(=O)N1C[C@@H](C(=O)O)[C@H](c2ccc(Cl)cc2)C1. The fraction of sp³-hybridized carbons (Fsp3) is 0.579. The standard InChI is InChI=1S/C19H26ClNO4/c1-12(2)8-9-25-13(3)18(22)21-10-16(17(11-21)19(23)24)14-4-6-15(20)7-5-14/h4-7,12-13,16-17H,8-11H2,1-3H3,(H,23,24)/t13?,16-,17+/m0/s1. The first-order valence-electron chi connectivity index (χ1n) is 8.68. The van der Waals surface area contributed by atoms with Gasteiger partial charge >= 0.3 is 5.97 Å². The number of ether oxygens (including phenoxy) is 1. The molecule has 1 aliphatic heterocycles. The van der Waals surface area contributed by atoms with E-state index in [2.05, 4.69) is 13.8 Å². The summed E-state index contributed by atoms with van der Waals surface area (Å²) < 4.78 is 5.62. The molecule has 5 nitrogen and oxygen atoms in total. The molecule has 0 aliphatic carbocycles. The Morgan fingerprint density at radius 2 is 1.88 bits per heavy atom. The van der Waals surface area contributed by atoms with Gasteiger partial charge in [0.2, 0.25) is 0 Å². The second kappa shape index (κ2) is 8.68. The number of carboxylic acid groups (broad SMARTS) is 1. The fourth-order valence-electron chi connectivity index (χ4n) is 3.09. The molecule has 1 aliphatic rings. The summed E-state index contributed by atoms with van der Waals surface area (Å²) in [6.07, 6.45) is 0.333. The number of hydrogen-bond donors (Lipinski definition) is 1. The summed E-state index contributed by atoms with van der Waals surface area (Å²) >= 11 is 5.91. The maximum absolute atomic E-state index is 12.6. The Balaban J connectivity index is 2.04. The van der Waals surface area contributed by atoms with E-state index in [1.807, 2.05) is 12.1 Å². The minimum Gasteiger partial charge on any atom is -0.481 e. The lowest BCUT2D eigenvalue weighted by Crippen LogP contribution is -2.38. The predicted octanol–water partition coefficient (Wildman–Crippen LogP) is 3.42. The molecule has 1 aromatic rings. The molecule has 1 amide bonds. The Hall–Kier alpha value is -1.59. The van der Waals surface area contributed by atoms with E-state index in [9.17, 15) is 14.7 Å². The molecule has 0 aromatic heterocycles. The summed E-state index contributed by atoms with van der Waals surface area (Å²) in [6.45, 7) is 7.05. The second-order valence-electron chi connectivity index (χ2n) is 7.04. The highest BCUT2D eigenvalue weighted by atomic mass is 35.5. The fourth-order valence-corrected chi connectivity index (χ4v) is 3.22. The molecule has 1 fully saturated rings. The van der Waals surface area contributed by atoms with Crippen LogP contribution in [0.2, 0.25) is 5.02 Å². The third kappa shape index (κ3) is 5.19. The molecule has 1 heterocycles. The van der Waals surface area contributed by atoms with Gasteiger partial charge in [0.1, 0.15) is 6.10 Å². The monoisotopic (exact) mass is 367 g/mol. The van der Waals surface area contributed by atoms with Crippen molar-refractivity contribution in [2.75, 3.05) is 19.7 Å². The molecule has 0 spiro atoms. The molecule has 1 unspecified atom stereocenters. The highest BCUT2D eigenvalue weighted by Gasteiger charge is 2.41. The summed E-state index contributed by atoms with van der Waals surface area (Å²) in [5.74, 6) is -1.37. The van der Waals surface area contributed by atoms with E-state index in [0.717, 1.165) is 12.0 Å². The van der Waals surface area contributed by atoms with E-state index in [0.29, 0.717) is 24.1 Å². The van der Waals surface area contributed by atoms with Crippen LogP contribution in [0, 0.1) is 11.8 Å². The van der Waals surface area contributed by atoms with Crippen molar-refractivity contribution < 1.29 is 19.4 Å². The largest absolute Gasteiger partial charge is 0.481 e. The minimum absolute atomic E-state index is 0.147. The number of carbonyl (C=O) groups is 2. The molecule has 0 radical (unpaired) electrons. The first kappa shape index (κ1) is 19.7. The molecule has 1 saturated heterocycles. The number of likely N-dealkylation sites (tertiary alicyclic amines) is 1. The zero-order valence-electron chi connectivity index (χ0n) is 14.9. The number of carboxylic acids is 1. The van der Waals surface area contributed by atoms with Crippen molar-refractivity contribution in [1.29, 1.82) is 0 Å². The lowest BCUT2D eigenvalue weighted by Gasteiger charge is -2.21. The van der Waals surface area contributed by atoms with Gasteiger partial charge in [-0.1, -0.05) is 37.6 Å². The number of hydrogen-bond acceptors (Lipinski definition) is 3. The van der Waals surface area contributed by atoms with Crippen molar-refractivity contribution >= 4 is 23.5 Å². The Kier molecular flexibility index (Phi) is 6.85. The molecule has 0 saturated carbocycles. The number of nitrogens with zero attached hydrogens (tertiary/aromatic N) is 1. The number of benzene rings is 1. The summed E-state index contributed by atoms with van der Waals surface area (Å²) in [5, 5.41) is 10.2. The molecule has 2 rings (SSSR count). The molecule has 6 heteroatoms. The van der Waals surface area contributed by atoms with Crippen molar-refractivity contribution in [3.05, 3.63) is 34.9 Å². The normalized spacial score (nSPS) is 21.6. The number of halogens is 1. The smallest absolute Gasteiger partial charge is 0.308 e. The van der Waals surface area contributed by atoms with Gasteiger partial charge < -0.3 is 14.7 Å². The lowest BCUT2D eigenvalue weighted by molar-refractivity contribution is -0.143. The van der Waals surface area contributed by atoms with Gasteiger partial charge in [0.25, 0.3) is 5.91 Å². The van der Waals surface area contributed by atoms with Crippen LogP contribution in [0.15, 0.2) is 24.3 Å². The minimum atomic E-state index is -0.886. The summed E-state index contributed by atoms with van der Waals surface area (Å²) in [5.41, 5.74) is 0.889. The number of aliphatic carboxylic acids is 1. The van der Waals surface area contributed by atoms with Crippen molar-refractivity contribution in [3.8, 4) is 0 Å². The van der Waals surface area contributed by atoms with Gasteiger partial charge in [-0.2, -0.15) is 0 Å². The second-order valence-corrected chi connectivity index (χ2v) is 7.48. The van der Waals surface area contributed by atoms with Crippen molar-refractivity contribution in [3.63, 3.8) is 0 Å². The molecule has 138 valence electrons. The van der Waals surface area contributed by atoms with Gasteiger partial charge in [-0.15, -0.1) is 0 Å². The molecule has 3 atom stereocenters. The Bertz CT molecular complexity index is 602. The molecule has 1 aromatic carbocycles. The van der Waals surface area contributed by atoms with E-state index in [4.69, 9.17) is 16.3 Å². The Morgan fingerprint density at radius 1 is 1.24 bits per heavy atom. The van der Waals surface area contributed by atoms with Crippen LogP contribution in [0.25, 0.3) is 0 Å². The Morgan fingerprint density at radius 3 is 2.44 bits per heavy atom. The van der Waals surface area contributed by atoms with Gasteiger partial charge in [0.15, 0.2) is 0 Å². The molecule has 1 N–H and O–H groups in total. The van der Waals surface area contributed by atoms with Crippen LogP contribution < -0.4 is 0 Å². The third-order valence-corrected chi connectivity index (χ3v) is 4.91.